The summed E-state index contributed by atoms with van der Waals surface area (Å²) < 4.78 is 44.9. The van der Waals surface area contributed by atoms with Gasteiger partial charge in [0.25, 0.3) is 0 Å². The van der Waals surface area contributed by atoms with E-state index < -0.39 is 17.9 Å². The summed E-state index contributed by atoms with van der Waals surface area (Å²) in [5.74, 6) is 0.804. The summed E-state index contributed by atoms with van der Waals surface area (Å²) in [6.07, 6.45) is -0.135. The van der Waals surface area contributed by atoms with Crippen LogP contribution >= 0.6 is 0 Å². The van der Waals surface area contributed by atoms with E-state index in [9.17, 15) is 8.78 Å². The number of hydrogen-bond donors (Lipinski definition) is 0. The lowest BCUT2D eigenvalue weighted by Crippen LogP contribution is -2.34. The van der Waals surface area contributed by atoms with Crippen LogP contribution in [0.25, 0.3) is 0 Å². The Hall–Kier alpha value is -3.35. The fourth-order valence-electron chi connectivity index (χ4n) is 3.87. The molecule has 2 atom stereocenters. The minimum Gasteiger partial charge on any atom is -0.493 e. The van der Waals surface area contributed by atoms with E-state index in [0.717, 1.165) is 29.2 Å². The molecule has 5 nitrogen and oxygen atoms in total. The largest absolute Gasteiger partial charge is 0.493 e. The number of fused-ring (bicyclic) bond motifs is 3. The molecule has 0 aliphatic carbocycles. The maximum Gasteiger partial charge on any atom is 0.214 e. The highest BCUT2D eigenvalue weighted by Crippen LogP contribution is 2.50. The molecule has 0 saturated heterocycles. The number of hydrazone groups is 1. The molecule has 7 heteroatoms. The van der Waals surface area contributed by atoms with Crippen LogP contribution < -0.4 is 9.47 Å². The van der Waals surface area contributed by atoms with Gasteiger partial charge < -0.3 is 13.9 Å². The highest BCUT2D eigenvalue weighted by Gasteiger charge is 2.42. The number of methoxy groups -OCH3 is 1. The summed E-state index contributed by atoms with van der Waals surface area (Å²) in [6, 6.07) is 13.0. The van der Waals surface area contributed by atoms with Crippen LogP contribution in [0.4, 0.5) is 8.78 Å². The van der Waals surface area contributed by atoms with Gasteiger partial charge in [-0.2, -0.15) is 5.10 Å². The number of benzene rings is 2. The third-order valence-electron chi connectivity index (χ3n) is 5.25. The van der Waals surface area contributed by atoms with Gasteiger partial charge in [-0.15, -0.1) is 0 Å². The van der Waals surface area contributed by atoms with Crippen LogP contribution in [0, 0.1) is 18.6 Å². The number of furan rings is 1. The molecular formula is C22H18F2N2O3. The van der Waals surface area contributed by atoms with E-state index in [1.54, 1.807) is 12.1 Å². The van der Waals surface area contributed by atoms with Crippen LogP contribution in [-0.4, -0.2) is 17.8 Å². The second kappa shape index (κ2) is 6.62. The Balaban J connectivity index is 1.63. The number of hydrogen-bond acceptors (Lipinski definition) is 5. The fourth-order valence-corrected chi connectivity index (χ4v) is 3.87. The summed E-state index contributed by atoms with van der Waals surface area (Å²) in [6.45, 7) is 1.87. The van der Waals surface area contributed by atoms with Gasteiger partial charge in [0.2, 0.25) is 6.23 Å². The molecular weight excluding hydrogens is 378 g/mol. The first-order valence-electron chi connectivity index (χ1n) is 9.26. The zero-order valence-electron chi connectivity index (χ0n) is 15.9. The second-order valence-electron chi connectivity index (χ2n) is 7.08. The second-order valence-corrected chi connectivity index (χ2v) is 7.08. The van der Waals surface area contributed by atoms with Crippen molar-refractivity contribution in [2.75, 3.05) is 7.11 Å². The van der Waals surface area contributed by atoms with Gasteiger partial charge in [-0.3, -0.25) is 0 Å². The number of ether oxygens (including phenoxy) is 2. The first-order valence-corrected chi connectivity index (χ1v) is 9.26. The molecule has 1 aromatic heterocycles. The lowest BCUT2D eigenvalue weighted by Gasteiger charge is -2.38. The van der Waals surface area contributed by atoms with Crippen molar-refractivity contribution in [2.24, 2.45) is 5.10 Å². The molecule has 3 aromatic rings. The Morgan fingerprint density at radius 1 is 1.10 bits per heavy atom. The van der Waals surface area contributed by atoms with Gasteiger partial charge in [0, 0.05) is 17.5 Å². The van der Waals surface area contributed by atoms with Crippen molar-refractivity contribution in [2.45, 2.75) is 25.6 Å². The van der Waals surface area contributed by atoms with Gasteiger partial charge in [-0.05, 0) is 37.3 Å². The molecule has 3 heterocycles. The van der Waals surface area contributed by atoms with Crippen molar-refractivity contribution in [3.8, 4) is 11.5 Å². The summed E-state index contributed by atoms with van der Waals surface area (Å²) in [5.41, 5.74) is 2.16. The van der Waals surface area contributed by atoms with E-state index in [1.807, 2.05) is 37.3 Å². The molecule has 0 N–H and O–H groups in total. The van der Waals surface area contributed by atoms with E-state index in [0.29, 0.717) is 29.2 Å². The molecule has 0 bridgehead atoms. The number of nitrogens with zero attached hydrogens (tertiary/aromatic N) is 2. The Morgan fingerprint density at radius 3 is 2.69 bits per heavy atom. The van der Waals surface area contributed by atoms with Crippen LogP contribution in [0.2, 0.25) is 0 Å². The third kappa shape index (κ3) is 2.85. The van der Waals surface area contributed by atoms with E-state index in [1.165, 1.54) is 6.07 Å². The highest BCUT2D eigenvalue weighted by molar-refractivity contribution is 5.99. The first kappa shape index (κ1) is 17.7. The number of aryl methyl sites for hydroxylation is 1. The molecule has 0 amide bonds. The van der Waals surface area contributed by atoms with Crippen LogP contribution in [0.1, 0.15) is 41.3 Å². The van der Waals surface area contributed by atoms with Crippen molar-refractivity contribution < 1.29 is 22.7 Å². The molecule has 0 saturated carbocycles. The van der Waals surface area contributed by atoms with Gasteiger partial charge in [-0.1, -0.05) is 18.2 Å². The molecule has 0 fully saturated rings. The maximum absolute atomic E-state index is 13.9. The molecule has 29 heavy (non-hydrogen) atoms. The zero-order chi connectivity index (χ0) is 20.1. The zero-order valence-corrected chi connectivity index (χ0v) is 15.9. The van der Waals surface area contributed by atoms with Gasteiger partial charge >= 0.3 is 0 Å². The lowest BCUT2D eigenvalue weighted by atomic mass is 9.97. The Labute approximate surface area is 166 Å². The molecule has 2 aliphatic rings. The molecule has 148 valence electrons. The fraction of sp³-hybridized carbons (Fsp3) is 0.227. The van der Waals surface area contributed by atoms with E-state index >= 15 is 0 Å². The number of halogens is 2. The Bertz CT molecular complexity index is 1120. The maximum atomic E-state index is 13.9. The van der Waals surface area contributed by atoms with Gasteiger partial charge in [-0.25, -0.2) is 13.8 Å². The van der Waals surface area contributed by atoms with E-state index in [4.69, 9.17) is 19.0 Å². The number of para-hydroxylation sites is 1. The summed E-state index contributed by atoms with van der Waals surface area (Å²) in [5, 5.41) is 6.51. The monoisotopic (exact) mass is 396 g/mol. The first-order chi connectivity index (χ1) is 14.0. The summed E-state index contributed by atoms with van der Waals surface area (Å²) in [7, 11) is 1.57. The van der Waals surface area contributed by atoms with Crippen molar-refractivity contribution in [1.82, 2.24) is 5.01 Å². The van der Waals surface area contributed by atoms with Crippen LogP contribution in [-0.2, 0) is 0 Å². The van der Waals surface area contributed by atoms with Crippen LogP contribution in [0.3, 0.4) is 0 Å². The van der Waals surface area contributed by atoms with Crippen LogP contribution in [0.15, 0.2) is 58.0 Å². The minimum atomic E-state index is -0.932. The van der Waals surface area contributed by atoms with Crippen molar-refractivity contribution in [3.05, 3.63) is 82.8 Å². The van der Waals surface area contributed by atoms with Gasteiger partial charge in [0.15, 0.2) is 23.1 Å². The third-order valence-corrected chi connectivity index (χ3v) is 5.25. The van der Waals surface area contributed by atoms with Crippen molar-refractivity contribution in [1.29, 1.82) is 0 Å². The molecule has 2 aliphatic heterocycles. The minimum absolute atomic E-state index is 0.146. The highest BCUT2D eigenvalue weighted by atomic mass is 19.2. The van der Waals surface area contributed by atoms with Gasteiger partial charge in [0.1, 0.15) is 17.2 Å². The summed E-state index contributed by atoms with van der Waals surface area (Å²) >= 11 is 0. The molecule has 5 rings (SSSR count). The normalized spacial score (nSPS) is 20.0. The standard InChI is InChI=1S/C22H18F2N2O3/c1-12-6-9-19(28-12)17-11-18-14-4-3-5-20(27-2)21(14)29-22(26(18)25-17)13-7-8-15(23)16(24)10-13/h3-10,18,22H,11H2,1-2H3. The average molecular weight is 396 g/mol. The molecule has 2 unspecified atom stereocenters. The van der Waals surface area contributed by atoms with Crippen molar-refractivity contribution in [3.63, 3.8) is 0 Å². The predicted octanol–water partition coefficient (Wildman–Crippen LogP) is 5.12. The van der Waals surface area contributed by atoms with Crippen molar-refractivity contribution >= 4 is 5.71 Å². The SMILES string of the molecule is COc1cccc2c1OC(c1ccc(F)c(F)c1)N1N=C(c3ccc(C)o3)CC21. The number of rotatable bonds is 3. The lowest BCUT2D eigenvalue weighted by molar-refractivity contribution is -0.0211. The average Bonchev–Trinajstić information content (AvgIpc) is 3.35. The smallest absolute Gasteiger partial charge is 0.214 e. The Kier molecular flexibility index (Phi) is 4.04. The van der Waals surface area contributed by atoms with Gasteiger partial charge in [0.05, 0.1) is 13.2 Å². The molecule has 2 aromatic carbocycles. The molecule has 0 radical (unpaired) electrons. The molecule has 0 spiro atoms. The predicted molar refractivity (Wildman–Crippen MR) is 102 cm³/mol. The topological polar surface area (TPSA) is 47.2 Å². The summed E-state index contributed by atoms with van der Waals surface area (Å²) in [4.78, 5) is 0. The Morgan fingerprint density at radius 2 is 1.97 bits per heavy atom. The van der Waals surface area contributed by atoms with E-state index in [-0.39, 0.29) is 6.04 Å². The quantitative estimate of drug-likeness (QED) is 0.617. The van der Waals surface area contributed by atoms with Crippen LogP contribution in [0.5, 0.6) is 11.5 Å². The van der Waals surface area contributed by atoms with E-state index in [2.05, 4.69) is 0 Å².